The number of hydrogen-bond donors (Lipinski definition) is 1. The number of carbonyl (C=O) groups is 2. The summed E-state index contributed by atoms with van der Waals surface area (Å²) in [5, 5.41) is 2.76. The minimum Gasteiger partial charge on any atom is -0.486 e. The standard InChI is InChI=1S/C22H24N2O4/c25-20(14-16-6-2-1-3-7-16)23-15-21(26)24-11-5-9-18(24)17-8-4-10-19-22(17)28-13-12-27-19/h1-4,6-8,10,18H,5,9,11-15H2,(H,23,25). The van der Waals surface area contributed by atoms with E-state index in [2.05, 4.69) is 5.32 Å². The predicted octanol–water partition coefficient (Wildman–Crippen LogP) is 2.48. The zero-order valence-corrected chi connectivity index (χ0v) is 15.7. The Hall–Kier alpha value is -3.02. The van der Waals surface area contributed by atoms with E-state index >= 15 is 0 Å². The number of ether oxygens (including phenoxy) is 2. The number of nitrogens with zero attached hydrogens (tertiary/aromatic N) is 1. The zero-order chi connectivity index (χ0) is 19.3. The van der Waals surface area contributed by atoms with Crippen molar-refractivity contribution in [3.05, 3.63) is 59.7 Å². The van der Waals surface area contributed by atoms with E-state index in [1.807, 2.05) is 53.4 Å². The van der Waals surface area contributed by atoms with Crippen molar-refractivity contribution >= 4 is 11.8 Å². The third-order valence-electron chi connectivity index (χ3n) is 5.17. The Bertz CT molecular complexity index is 853. The van der Waals surface area contributed by atoms with Crippen LogP contribution in [0.25, 0.3) is 0 Å². The Kier molecular flexibility index (Phi) is 5.46. The number of para-hydroxylation sites is 1. The van der Waals surface area contributed by atoms with Gasteiger partial charge in [-0.3, -0.25) is 9.59 Å². The molecule has 1 atom stereocenters. The molecule has 6 heteroatoms. The van der Waals surface area contributed by atoms with E-state index in [0.29, 0.717) is 19.8 Å². The number of rotatable bonds is 5. The van der Waals surface area contributed by atoms with Crippen LogP contribution in [-0.4, -0.2) is 43.0 Å². The van der Waals surface area contributed by atoms with Crippen molar-refractivity contribution in [2.45, 2.75) is 25.3 Å². The lowest BCUT2D eigenvalue weighted by atomic mass is 10.0. The molecule has 1 fully saturated rings. The topological polar surface area (TPSA) is 67.9 Å². The van der Waals surface area contributed by atoms with E-state index in [9.17, 15) is 9.59 Å². The van der Waals surface area contributed by atoms with Crippen LogP contribution in [0.2, 0.25) is 0 Å². The fourth-order valence-electron chi connectivity index (χ4n) is 3.87. The second kappa shape index (κ2) is 8.33. The number of nitrogens with one attached hydrogen (secondary N) is 1. The van der Waals surface area contributed by atoms with Gasteiger partial charge in [-0.1, -0.05) is 42.5 Å². The summed E-state index contributed by atoms with van der Waals surface area (Å²) in [6.07, 6.45) is 2.08. The van der Waals surface area contributed by atoms with Crippen molar-refractivity contribution in [2.24, 2.45) is 0 Å². The second-order valence-corrected chi connectivity index (χ2v) is 7.06. The van der Waals surface area contributed by atoms with Gasteiger partial charge >= 0.3 is 0 Å². The Morgan fingerprint density at radius 3 is 2.71 bits per heavy atom. The van der Waals surface area contributed by atoms with E-state index in [-0.39, 0.29) is 30.8 Å². The molecule has 4 rings (SSSR count). The maximum Gasteiger partial charge on any atom is 0.242 e. The third-order valence-corrected chi connectivity index (χ3v) is 5.17. The lowest BCUT2D eigenvalue weighted by molar-refractivity contribution is -0.133. The first-order valence-electron chi connectivity index (χ1n) is 9.71. The van der Waals surface area contributed by atoms with Crippen LogP contribution in [0.4, 0.5) is 0 Å². The van der Waals surface area contributed by atoms with Gasteiger partial charge in [0.15, 0.2) is 11.5 Å². The Labute approximate surface area is 164 Å². The summed E-state index contributed by atoms with van der Waals surface area (Å²) >= 11 is 0. The van der Waals surface area contributed by atoms with Gasteiger partial charge in [0.25, 0.3) is 0 Å². The maximum absolute atomic E-state index is 12.8. The first-order valence-corrected chi connectivity index (χ1v) is 9.71. The van der Waals surface area contributed by atoms with Gasteiger partial charge in [0.05, 0.1) is 19.0 Å². The lowest BCUT2D eigenvalue weighted by Gasteiger charge is -2.29. The smallest absolute Gasteiger partial charge is 0.242 e. The zero-order valence-electron chi connectivity index (χ0n) is 15.7. The van der Waals surface area contributed by atoms with Crippen LogP contribution >= 0.6 is 0 Å². The molecule has 0 aromatic heterocycles. The van der Waals surface area contributed by atoms with Crippen molar-refractivity contribution in [1.82, 2.24) is 10.2 Å². The molecule has 1 N–H and O–H groups in total. The number of fused-ring (bicyclic) bond motifs is 1. The van der Waals surface area contributed by atoms with Crippen molar-refractivity contribution in [3.63, 3.8) is 0 Å². The van der Waals surface area contributed by atoms with Crippen molar-refractivity contribution in [1.29, 1.82) is 0 Å². The number of benzene rings is 2. The molecule has 0 aliphatic carbocycles. The van der Waals surface area contributed by atoms with Gasteiger partial charge in [0.2, 0.25) is 11.8 Å². The minimum atomic E-state index is -0.149. The van der Waals surface area contributed by atoms with Crippen molar-refractivity contribution in [2.75, 3.05) is 26.3 Å². The van der Waals surface area contributed by atoms with Gasteiger partial charge in [-0.05, 0) is 24.5 Å². The summed E-state index contributed by atoms with van der Waals surface area (Å²) in [7, 11) is 0. The van der Waals surface area contributed by atoms with Crippen LogP contribution in [0.3, 0.4) is 0 Å². The van der Waals surface area contributed by atoms with Gasteiger partial charge in [-0.2, -0.15) is 0 Å². The van der Waals surface area contributed by atoms with Crippen molar-refractivity contribution in [3.8, 4) is 11.5 Å². The maximum atomic E-state index is 12.8. The van der Waals surface area contributed by atoms with E-state index < -0.39 is 0 Å². The van der Waals surface area contributed by atoms with Gasteiger partial charge in [-0.25, -0.2) is 0 Å². The first kappa shape index (κ1) is 18.3. The first-order chi connectivity index (χ1) is 13.7. The molecule has 146 valence electrons. The normalized spacial score (nSPS) is 18.0. The summed E-state index contributed by atoms with van der Waals surface area (Å²) in [5.74, 6) is 1.26. The Morgan fingerprint density at radius 1 is 1.04 bits per heavy atom. The fourth-order valence-corrected chi connectivity index (χ4v) is 3.87. The lowest BCUT2D eigenvalue weighted by Crippen LogP contribution is -2.40. The molecule has 2 heterocycles. The Morgan fingerprint density at radius 2 is 1.86 bits per heavy atom. The molecule has 0 radical (unpaired) electrons. The van der Waals surface area contributed by atoms with E-state index in [1.165, 1.54) is 0 Å². The third kappa shape index (κ3) is 3.96. The minimum absolute atomic E-state index is 0.00848. The molecule has 28 heavy (non-hydrogen) atoms. The van der Waals surface area contributed by atoms with Crippen LogP contribution in [0, 0.1) is 0 Å². The highest BCUT2D eigenvalue weighted by Gasteiger charge is 2.33. The molecule has 2 aromatic rings. The molecule has 1 unspecified atom stereocenters. The van der Waals surface area contributed by atoms with Crippen LogP contribution in [-0.2, 0) is 16.0 Å². The summed E-state index contributed by atoms with van der Waals surface area (Å²) in [6.45, 7) is 1.74. The number of hydrogen-bond acceptors (Lipinski definition) is 4. The molecular weight excluding hydrogens is 356 g/mol. The molecule has 0 spiro atoms. The van der Waals surface area contributed by atoms with E-state index in [0.717, 1.165) is 35.5 Å². The van der Waals surface area contributed by atoms with Gasteiger partial charge in [-0.15, -0.1) is 0 Å². The van der Waals surface area contributed by atoms with E-state index in [1.54, 1.807) is 0 Å². The second-order valence-electron chi connectivity index (χ2n) is 7.06. The molecule has 2 amide bonds. The fraction of sp³-hybridized carbons (Fsp3) is 0.364. The molecule has 1 saturated heterocycles. The average molecular weight is 380 g/mol. The molecule has 2 aliphatic rings. The average Bonchev–Trinajstić information content (AvgIpc) is 3.22. The Balaban J connectivity index is 1.40. The predicted molar refractivity (Wildman–Crippen MR) is 104 cm³/mol. The van der Waals surface area contributed by atoms with Gasteiger partial charge < -0.3 is 19.7 Å². The highest BCUT2D eigenvalue weighted by molar-refractivity contribution is 5.86. The summed E-state index contributed by atoms with van der Waals surface area (Å²) in [5.41, 5.74) is 1.92. The molecule has 0 bridgehead atoms. The van der Waals surface area contributed by atoms with Crippen LogP contribution in [0.5, 0.6) is 11.5 Å². The molecular formula is C22H24N2O4. The number of amides is 2. The van der Waals surface area contributed by atoms with Crippen LogP contribution < -0.4 is 14.8 Å². The van der Waals surface area contributed by atoms with Crippen LogP contribution in [0.15, 0.2) is 48.5 Å². The molecule has 6 nitrogen and oxygen atoms in total. The van der Waals surface area contributed by atoms with Crippen LogP contribution in [0.1, 0.15) is 30.0 Å². The summed E-state index contributed by atoms with van der Waals surface area (Å²) < 4.78 is 11.5. The van der Waals surface area contributed by atoms with Gasteiger partial charge in [0.1, 0.15) is 13.2 Å². The van der Waals surface area contributed by atoms with E-state index in [4.69, 9.17) is 9.47 Å². The SMILES string of the molecule is O=C(Cc1ccccc1)NCC(=O)N1CCCC1c1cccc2c1OCCO2. The molecule has 2 aliphatic heterocycles. The summed E-state index contributed by atoms with van der Waals surface area (Å²) in [6, 6.07) is 15.3. The molecule has 0 saturated carbocycles. The highest BCUT2D eigenvalue weighted by Crippen LogP contribution is 2.42. The largest absolute Gasteiger partial charge is 0.486 e. The molecule has 2 aromatic carbocycles. The number of carbonyl (C=O) groups excluding carboxylic acids is 2. The number of likely N-dealkylation sites (tertiary alicyclic amines) is 1. The quantitative estimate of drug-likeness (QED) is 0.865. The summed E-state index contributed by atoms with van der Waals surface area (Å²) in [4.78, 5) is 26.8. The monoisotopic (exact) mass is 380 g/mol. The highest BCUT2D eigenvalue weighted by atomic mass is 16.6. The van der Waals surface area contributed by atoms with Gasteiger partial charge in [0, 0.05) is 12.1 Å². The van der Waals surface area contributed by atoms with Crippen molar-refractivity contribution < 1.29 is 19.1 Å².